The van der Waals surface area contributed by atoms with Crippen LogP contribution in [0.25, 0.3) is 21.5 Å². The molecule has 0 radical (unpaired) electrons. The quantitative estimate of drug-likeness (QED) is 0.194. The normalized spacial score (nSPS) is 13.1. The van der Waals surface area contributed by atoms with Crippen LogP contribution in [-0.4, -0.2) is 4.89 Å². The number of hydrogen-bond donors (Lipinski definition) is 2. The van der Waals surface area contributed by atoms with E-state index in [0.29, 0.717) is 5.69 Å². The summed E-state index contributed by atoms with van der Waals surface area (Å²) in [6.07, 6.45) is 0. The van der Waals surface area contributed by atoms with Crippen molar-refractivity contribution < 1.29 is 9.46 Å². The molecule has 6 aromatic carbocycles. The van der Waals surface area contributed by atoms with E-state index >= 15 is 0 Å². The fraction of sp³-hybridized carbons (Fsp3) is 0.0588. The van der Waals surface area contributed by atoms with Gasteiger partial charge in [-0.1, -0.05) is 121 Å². The highest BCUT2D eigenvalue weighted by atomic mass is 31.1. The maximum atomic E-state index is 13.3. The van der Waals surface area contributed by atoms with Gasteiger partial charge in [0.25, 0.3) is 0 Å². The summed E-state index contributed by atoms with van der Waals surface area (Å²) in [6, 6.07) is 47.8. The minimum atomic E-state index is -2.74. The van der Waals surface area contributed by atoms with Crippen LogP contribution < -0.4 is 9.99 Å². The van der Waals surface area contributed by atoms with Gasteiger partial charge in [0, 0.05) is 5.69 Å². The van der Waals surface area contributed by atoms with Crippen LogP contribution in [0.5, 0.6) is 0 Å². The summed E-state index contributed by atoms with van der Waals surface area (Å²) >= 11 is 0. The molecule has 2 N–H and O–H groups in total. The predicted octanol–water partition coefficient (Wildman–Crippen LogP) is 9.04. The largest absolute Gasteiger partial charge is 0.643 e. The van der Waals surface area contributed by atoms with Gasteiger partial charge < -0.3 is 5.32 Å². The van der Waals surface area contributed by atoms with E-state index in [-0.39, 0.29) is 6.04 Å². The predicted molar refractivity (Wildman–Crippen MR) is 162 cm³/mol. The molecule has 0 aliphatic rings. The van der Waals surface area contributed by atoms with Crippen LogP contribution in [-0.2, 0) is 4.57 Å². The van der Waals surface area contributed by atoms with Crippen LogP contribution in [0.15, 0.2) is 146 Å². The molecule has 3 unspecified atom stereocenters. The highest BCUT2D eigenvalue weighted by Gasteiger charge is 2.41. The van der Waals surface area contributed by atoms with Crippen molar-refractivity contribution in [3.05, 3.63) is 157 Å². The van der Waals surface area contributed by atoms with E-state index in [1.165, 1.54) is 0 Å². The molecule has 0 heterocycles. The lowest BCUT2D eigenvalue weighted by Crippen LogP contribution is -2.31. The van der Waals surface area contributed by atoms with E-state index in [1.807, 2.05) is 103 Å². The maximum Gasteiger partial charge on any atom is 0.643 e. The molecule has 6 aromatic rings. The van der Waals surface area contributed by atoms with Gasteiger partial charge in [-0.2, -0.15) is 0 Å². The maximum absolute atomic E-state index is 13.3. The zero-order valence-electron chi connectivity index (χ0n) is 21.3. The third-order valence-corrected chi connectivity index (χ3v) is 7.98. The second-order valence-electron chi connectivity index (χ2n) is 9.58. The molecular weight excluding hydrogens is 499 g/mol. The van der Waals surface area contributed by atoms with Gasteiger partial charge in [-0.15, -0.1) is 9.56 Å². The van der Waals surface area contributed by atoms with E-state index in [9.17, 15) is 9.46 Å². The van der Waals surface area contributed by atoms with Gasteiger partial charge >= 0.3 is 8.18 Å². The number of benzene rings is 6. The van der Waals surface area contributed by atoms with Crippen molar-refractivity contribution in [1.29, 1.82) is 0 Å². The second kappa shape index (κ2) is 11.1. The number of hydrogen-bond acceptors (Lipinski definition) is 2. The van der Waals surface area contributed by atoms with Gasteiger partial charge in [-0.3, -0.25) is 0 Å². The van der Waals surface area contributed by atoms with E-state index in [2.05, 4.69) is 47.8 Å². The summed E-state index contributed by atoms with van der Waals surface area (Å²) in [7, 11) is -2.74. The smallest absolute Gasteiger partial charge is 0.376 e. The Bertz CT molecular complexity index is 1740. The Morgan fingerprint density at radius 3 is 1.69 bits per heavy atom. The van der Waals surface area contributed by atoms with Crippen molar-refractivity contribution in [2.45, 2.75) is 12.1 Å². The lowest BCUT2D eigenvalue weighted by Gasteiger charge is -2.33. The molecule has 0 saturated carbocycles. The number of anilines is 2. The Labute approximate surface area is 229 Å². The van der Waals surface area contributed by atoms with E-state index < -0.39 is 14.2 Å². The molecule has 0 saturated heterocycles. The van der Waals surface area contributed by atoms with Crippen molar-refractivity contribution in [2.24, 2.45) is 0 Å². The summed E-state index contributed by atoms with van der Waals surface area (Å²) in [5.41, 5.74) is 3.58. The topological polar surface area (TPSA) is 52.6 Å². The molecule has 0 bridgehead atoms. The molecule has 3 atom stereocenters. The number of nitrogens with zero attached hydrogens (tertiary/aromatic N) is 1. The first-order chi connectivity index (χ1) is 19.2. The number of nitrogens with one attached hydrogen (secondary N) is 1. The summed E-state index contributed by atoms with van der Waals surface area (Å²) in [6.45, 7) is 0. The van der Waals surface area contributed by atoms with Crippen LogP contribution in [0.4, 0.5) is 11.4 Å². The van der Waals surface area contributed by atoms with Crippen molar-refractivity contribution in [1.82, 2.24) is 0 Å². The van der Waals surface area contributed by atoms with Crippen molar-refractivity contribution in [3.63, 3.8) is 0 Å². The first kappa shape index (κ1) is 24.8. The van der Waals surface area contributed by atoms with Gasteiger partial charge in [0.2, 0.25) is 0 Å². The van der Waals surface area contributed by atoms with Gasteiger partial charge in [-0.25, -0.2) is 0 Å². The van der Waals surface area contributed by atoms with Crippen molar-refractivity contribution in [2.75, 3.05) is 9.99 Å². The zero-order chi connectivity index (χ0) is 26.6. The Balaban J connectivity index is 1.52. The summed E-state index contributed by atoms with van der Waals surface area (Å²) in [5.74, 6) is 0. The summed E-state index contributed by atoms with van der Waals surface area (Å²) in [5, 5.41) is 8.14. The Hall–Kier alpha value is -4.50. The van der Waals surface area contributed by atoms with Gasteiger partial charge in [0.15, 0.2) is 0 Å². The zero-order valence-corrected chi connectivity index (χ0v) is 22.2. The molecule has 5 heteroatoms. The molecule has 0 spiro atoms. The van der Waals surface area contributed by atoms with Gasteiger partial charge in [0.1, 0.15) is 6.04 Å². The first-order valence-corrected chi connectivity index (χ1v) is 14.1. The minimum absolute atomic E-state index is 0.340. The van der Waals surface area contributed by atoms with Crippen molar-refractivity contribution in [3.8, 4) is 0 Å². The third-order valence-electron chi connectivity index (χ3n) is 7.13. The monoisotopic (exact) mass is 527 g/mol. The standard InChI is InChI=1S/C34H27N2O2P/c37-39(38)36(32-22-20-26-12-8-10-18-30(26)24-32)34(28-15-5-2-6-16-28)33(27-13-3-1-4-14-27)35-31-21-19-25-11-7-9-17-29(25)23-31/h1-24,33-35H/p+1. The average Bonchev–Trinajstić information content (AvgIpc) is 2.99. The molecule has 6 rings (SSSR count). The van der Waals surface area contributed by atoms with Crippen LogP contribution in [0.3, 0.4) is 0 Å². The molecule has 0 aliphatic heterocycles. The SMILES string of the molecule is O=[P+](O)N(c1ccc2ccccc2c1)C(c1ccccc1)C(Nc1ccc2ccccc2c1)c1ccccc1. The van der Waals surface area contributed by atoms with Crippen LogP contribution in [0.1, 0.15) is 23.2 Å². The molecule has 190 valence electrons. The number of fused-ring (bicyclic) bond motifs is 2. The molecule has 0 fully saturated rings. The average molecular weight is 528 g/mol. The molecule has 0 amide bonds. The Morgan fingerprint density at radius 1 is 0.564 bits per heavy atom. The lowest BCUT2D eigenvalue weighted by atomic mass is 9.92. The molecule has 0 aromatic heterocycles. The second-order valence-corrected chi connectivity index (χ2v) is 10.5. The molecular formula is C34H28N2O2P+. The number of rotatable bonds is 8. The minimum Gasteiger partial charge on any atom is -0.376 e. The Morgan fingerprint density at radius 2 is 1.08 bits per heavy atom. The first-order valence-electron chi connectivity index (χ1n) is 13.0. The van der Waals surface area contributed by atoms with Gasteiger partial charge in [-0.05, 0) is 61.5 Å². The van der Waals surface area contributed by atoms with Crippen molar-refractivity contribution >= 4 is 41.1 Å². The van der Waals surface area contributed by atoms with E-state index in [4.69, 9.17) is 0 Å². The van der Waals surface area contributed by atoms with E-state index in [0.717, 1.165) is 38.4 Å². The van der Waals surface area contributed by atoms with Crippen LogP contribution >= 0.6 is 8.18 Å². The lowest BCUT2D eigenvalue weighted by molar-refractivity contribution is 0.482. The molecule has 4 nitrogen and oxygen atoms in total. The molecule has 0 aliphatic carbocycles. The fourth-order valence-electron chi connectivity index (χ4n) is 5.27. The molecule has 39 heavy (non-hydrogen) atoms. The van der Waals surface area contributed by atoms with Crippen LogP contribution in [0.2, 0.25) is 0 Å². The van der Waals surface area contributed by atoms with Crippen LogP contribution in [0, 0.1) is 0 Å². The summed E-state index contributed by atoms with van der Waals surface area (Å²) < 4.78 is 14.9. The Kier molecular flexibility index (Phi) is 7.05. The third kappa shape index (κ3) is 5.26. The fourth-order valence-corrected chi connectivity index (χ4v) is 6.08. The van der Waals surface area contributed by atoms with E-state index in [1.54, 1.807) is 4.67 Å². The van der Waals surface area contributed by atoms with Gasteiger partial charge in [0.05, 0.1) is 11.7 Å². The highest BCUT2D eigenvalue weighted by Crippen LogP contribution is 2.47. The summed E-state index contributed by atoms with van der Waals surface area (Å²) in [4.78, 5) is 10.9. The highest BCUT2D eigenvalue weighted by molar-refractivity contribution is 7.40.